The molecule has 1 spiro atoms. The molecule has 9 N–H and O–H groups in total. The van der Waals surface area contributed by atoms with Gasteiger partial charge in [-0.05, 0) is 102 Å². The Hall–Kier alpha value is -2.39. The summed E-state index contributed by atoms with van der Waals surface area (Å²) in [6.45, 7) is 15.8. The normalized spacial score (nSPS) is 49.5. The first-order chi connectivity index (χ1) is 37.9. The molecule has 0 unspecified atom stereocenters. The highest BCUT2D eigenvalue weighted by atomic mass is 32.3. The van der Waals surface area contributed by atoms with E-state index in [0.29, 0.717) is 51.4 Å². The monoisotopic (exact) mass is 1180 g/mol. The largest absolute Gasteiger partial charge is 0.462 e. The summed E-state index contributed by atoms with van der Waals surface area (Å²) in [4.78, 5) is 27.4. The number of methoxy groups -OCH3 is 1. The number of esters is 2. The number of hydrogen-bond donors (Lipinski definition) is 9. The summed E-state index contributed by atoms with van der Waals surface area (Å²) in [7, 11) is -3.95. The van der Waals surface area contributed by atoms with Crippen LogP contribution in [0.5, 0.6) is 0 Å². The van der Waals surface area contributed by atoms with E-state index in [1.165, 1.54) is 26.5 Å². The van der Waals surface area contributed by atoms with Crippen LogP contribution in [0.2, 0.25) is 0 Å². The quantitative estimate of drug-likeness (QED) is 0.0581. The number of cyclic esters (lactones) is 1. The number of aliphatic hydroxyl groups is 8. The molecule has 462 valence electrons. The van der Waals surface area contributed by atoms with E-state index in [0.717, 1.165) is 5.57 Å². The molecule has 0 aromatic carbocycles. The number of fused-ring (bicyclic) bond motifs is 4. The van der Waals surface area contributed by atoms with E-state index in [-0.39, 0.29) is 29.1 Å². The number of rotatable bonds is 16. The van der Waals surface area contributed by atoms with Gasteiger partial charge in [-0.15, -0.1) is 0 Å². The van der Waals surface area contributed by atoms with Crippen molar-refractivity contribution in [1.29, 1.82) is 0 Å². The van der Waals surface area contributed by atoms with Gasteiger partial charge in [-0.3, -0.25) is 14.1 Å². The van der Waals surface area contributed by atoms with Crippen LogP contribution in [0.15, 0.2) is 23.3 Å². The fraction of sp³-hybridized carbons (Fsp3) is 0.891. The minimum Gasteiger partial charge on any atom is -0.462 e. The second-order valence-electron chi connectivity index (χ2n) is 25.6. The van der Waals surface area contributed by atoms with E-state index in [4.69, 9.17) is 56.3 Å². The molecule has 9 aliphatic rings. The molecular formula is C55H86O25S. The molecule has 25 nitrogen and oxygen atoms in total. The number of allylic oxidation sites excluding steroid dienone is 4. The molecule has 0 radical (unpaired) electrons. The number of carbonyl (C=O) groups excluding carboxylic acids is 2. The zero-order valence-electron chi connectivity index (χ0n) is 47.7. The highest BCUT2D eigenvalue weighted by Gasteiger charge is 2.79. The second-order valence-corrected chi connectivity index (χ2v) is 26.6. The van der Waals surface area contributed by atoms with Crippen LogP contribution in [0.3, 0.4) is 0 Å². The van der Waals surface area contributed by atoms with E-state index in [2.05, 4.69) is 39.8 Å². The van der Waals surface area contributed by atoms with E-state index in [1.807, 2.05) is 20.8 Å². The number of hydrogen-bond acceptors (Lipinski definition) is 24. The van der Waals surface area contributed by atoms with Crippen molar-refractivity contribution in [2.45, 2.75) is 242 Å². The maximum absolute atomic E-state index is 14.7. The predicted molar refractivity (Wildman–Crippen MR) is 276 cm³/mol. The average molecular weight is 1180 g/mol. The molecule has 4 aliphatic carbocycles. The van der Waals surface area contributed by atoms with Crippen molar-refractivity contribution < 1.29 is 120 Å². The van der Waals surface area contributed by atoms with E-state index >= 15 is 0 Å². The lowest BCUT2D eigenvalue weighted by molar-refractivity contribution is -0.382. The standard InChI is InChI=1S/C55H86O25S/c1-24(2)12-11-17-54(9)45-30(73-26(4)57)20-53(8)28-13-14-33-51(5,6)34(16-18-52(33,7)27(28)15-19-55(45,53)50(65)79-54)75-49-44(36(60)32(23-71-49)80-81(66,67)68)78-47-38(62)37(61)41(25(3)72-47)76-46-39(63)42(29(58)22-70-46)77-48-40(64)43(69-10)35(59)31(21-56)74-48/h12-13,25,27,29-49,56,58-64H,11,14-23H2,1-10H3,(H,66,67,68)/t25-,27+,29-,30-,31-,32-,33+,34+,35-,36+,37-,38-,39-,40-,41-,42+,43+,44-,45-,46+,47+,48+,49+,52-,53+,54+,55-/m1/s1. The van der Waals surface area contributed by atoms with Crippen LogP contribution < -0.4 is 0 Å². The first-order valence-electron chi connectivity index (χ1n) is 28.3. The van der Waals surface area contributed by atoms with E-state index in [1.54, 1.807) is 0 Å². The predicted octanol–water partition coefficient (Wildman–Crippen LogP) is 0.620. The van der Waals surface area contributed by atoms with Crippen LogP contribution in [-0.2, 0) is 76.3 Å². The molecule has 27 atom stereocenters. The van der Waals surface area contributed by atoms with Crippen molar-refractivity contribution in [3.8, 4) is 0 Å². The molecule has 0 aromatic rings. The Morgan fingerprint density at radius 3 is 2.07 bits per heavy atom. The highest BCUT2D eigenvalue weighted by molar-refractivity contribution is 7.80. The Kier molecular flexibility index (Phi) is 18.2. The average Bonchev–Trinajstić information content (AvgIpc) is 1.74. The van der Waals surface area contributed by atoms with Crippen molar-refractivity contribution in [3.63, 3.8) is 0 Å². The third kappa shape index (κ3) is 11.1. The minimum absolute atomic E-state index is 0.0129. The molecular weight excluding hydrogens is 1090 g/mol. The van der Waals surface area contributed by atoms with Gasteiger partial charge in [-0.25, -0.2) is 4.18 Å². The van der Waals surface area contributed by atoms with Gasteiger partial charge in [-0.1, -0.05) is 51.0 Å². The van der Waals surface area contributed by atoms with Gasteiger partial charge in [0.1, 0.15) is 91.1 Å². The van der Waals surface area contributed by atoms with Crippen molar-refractivity contribution in [2.24, 2.45) is 39.4 Å². The zero-order chi connectivity index (χ0) is 59.3. The first-order valence-corrected chi connectivity index (χ1v) is 29.7. The molecule has 0 bridgehead atoms. The molecule has 5 saturated heterocycles. The van der Waals surface area contributed by atoms with Crippen LogP contribution in [0.25, 0.3) is 0 Å². The lowest BCUT2D eigenvalue weighted by Crippen LogP contribution is -2.65. The summed E-state index contributed by atoms with van der Waals surface area (Å²) in [5.74, 6) is -0.962. The Balaban J connectivity index is 0.908. The summed E-state index contributed by atoms with van der Waals surface area (Å²) >= 11 is 0. The Labute approximate surface area is 472 Å². The van der Waals surface area contributed by atoms with Gasteiger partial charge in [0, 0.05) is 19.4 Å². The van der Waals surface area contributed by atoms with Crippen molar-refractivity contribution >= 4 is 22.3 Å². The summed E-state index contributed by atoms with van der Waals surface area (Å²) < 4.78 is 104. The van der Waals surface area contributed by atoms with Gasteiger partial charge in [0.25, 0.3) is 0 Å². The topological polar surface area (TPSA) is 361 Å². The van der Waals surface area contributed by atoms with Crippen LogP contribution >= 0.6 is 0 Å². The number of carbonyl (C=O) groups is 2. The van der Waals surface area contributed by atoms with Crippen LogP contribution in [0.1, 0.15) is 114 Å². The maximum Gasteiger partial charge on any atom is 0.397 e. The summed E-state index contributed by atoms with van der Waals surface area (Å²) in [5, 5.41) is 88.4. The van der Waals surface area contributed by atoms with Crippen molar-refractivity contribution in [1.82, 2.24) is 0 Å². The third-order valence-electron chi connectivity index (χ3n) is 20.2. The molecule has 81 heavy (non-hydrogen) atoms. The highest BCUT2D eigenvalue weighted by Crippen LogP contribution is 2.77. The van der Waals surface area contributed by atoms with Gasteiger partial charge in [0.05, 0.1) is 43.4 Å². The van der Waals surface area contributed by atoms with E-state index in [9.17, 15) is 63.4 Å². The Morgan fingerprint density at radius 1 is 0.765 bits per heavy atom. The molecule has 0 aromatic heterocycles. The van der Waals surface area contributed by atoms with Gasteiger partial charge in [-0.2, -0.15) is 8.42 Å². The first kappa shape index (κ1) is 63.1. The maximum atomic E-state index is 14.7. The van der Waals surface area contributed by atoms with Gasteiger partial charge >= 0.3 is 22.3 Å². The molecule has 26 heteroatoms. The summed E-state index contributed by atoms with van der Waals surface area (Å²) in [6, 6.07) is 0. The van der Waals surface area contributed by atoms with Gasteiger partial charge in [0.15, 0.2) is 25.2 Å². The van der Waals surface area contributed by atoms with Gasteiger partial charge in [0.2, 0.25) is 0 Å². The Bertz CT molecular complexity index is 2460. The zero-order valence-corrected chi connectivity index (χ0v) is 48.5. The molecule has 8 fully saturated rings. The molecule has 5 aliphatic heterocycles. The smallest absolute Gasteiger partial charge is 0.397 e. The number of ether oxygens (including phenoxy) is 11. The fourth-order valence-electron chi connectivity index (χ4n) is 16.3. The number of aliphatic hydroxyl groups excluding tert-OH is 8. The molecule has 0 amide bonds. The lowest BCUT2D eigenvalue weighted by Gasteiger charge is -2.64. The second kappa shape index (κ2) is 23.4. The van der Waals surface area contributed by atoms with Crippen molar-refractivity contribution in [3.05, 3.63) is 23.3 Å². The van der Waals surface area contributed by atoms with Crippen LogP contribution in [0.4, 0.5) is 0 Å². The molecule has 5 heterocycles. The summed E-state index contributed by atoms with van der Waals surface area (Å²) in [5.41, 5.74) is -1.02. The molecule has 9 rings (SSSR count). The summed E-state index contributed by atoms with van der Waals surface area (Å²) in [6.07, 6.45) is -20.9. The van der Waals surface area contributed by atoms with Gasteiger partial charge < -0.3 is 93.0 Å². The SMILES string of the molecule is CO[C@@H]1[C@@H](O)[C@H](O[C@@H]2[C@@H](O)[C@H](O[C@H]3[C@H](O)[C@@H](O)[C@H](O[C@H]4[C@H](O[C@H]5CC[C@]6(C)[C@H]7CC[C@]89C(=O)O[C@@](C)(CCC=C(C)C)[C@H]8[C@H](OC(C)=O)C[C@@]9(C)C7=CC[C@H]6C5(C)C)OC[C@@H](OS(=O)(=O)O)[C@@H]4O)O[C@@H]3C)OC[C@H]2O)O[C@H](CO)[C@H]1O. The third-order valence-corrected chi connectivity index (χ3v) is 20.6. The van der Waals surface area contributed by atoms with Crippen molar-refractivity contribution in [2.75, 3.05) is 26.9 Å². The fourth-order valence-corrected chi connectivity index (χ4v) is 16.8. The molecule has 3 saturated carbocycles. The van der Waals surface area contributed by atoms with Crippen LogP contribution in [0, 0.1) is 39.4 Å². The Morgan fingerprint density at radius 2 is 1.42 bits per heavy atom. The van der Waals surface area contributed by atoms with E-state index < -0.39 is 181 Å². The minimum atomic E-state index is -5.16. The van der Waals surface area contributed by atoms with Crippen LogP contribution in [-0.4, -0.2) is 221 Å². The lowest BCUT2D eigenvalue weighted by atomic mass is 9.41.